The highest BCUT2D eigenvalue weighted by Gasteiger charge is 2.24. The number of nitrogens with one attached hydrogen (secondary N) is 3. The highest BCUT2D eigenvalue weighted by Crippen LogP contribution is 2.30. The fourth-order valence-electron chi connectivity index (χ4n) is 3.26. The fourth-order valence-corrected chi connectivity index (χ4v) is 3.26. The quantitative estimate of drug-likeness (QED) is 0.726. The number of piperidine rings is 1. The number of H-pyrrole nitrogens is 1. The minimum atomic E-state index is -0.254. The molecule has 0 spiro atoms. The first-order valence-electron chi connectivity index (χ1n) is 9.20. The van der Waals surface area contributed by atoms with Gasteiger partial charge in [0.05, 0.1) is 24.1 Å². The van der Waals surface area contributed by atoms with Crippen molar-refractivity contribution in [1.82, 2.24) is 20.4 Å². The number of hydrogen-bond donors (Lipinski definition) is 3. The molecule has 0 radical (unpaired) electrons. The van der Waals surface area contributed by atoms with Crippen molar-refractivity contribution in [3.05, 3.63) is 47.5 Å². The van der Waals surface area contributed by atoms with Gasteiger partial charge in [-0.2, -0.15) is 5.10 Å². The number of amides is 2. The minimum Gasteiger partial charge on any atom is -0.338 e. The van der Waals surface area contributed by atoms with Crippen molar-refractivity contribution in [2.45, 2.75) is 25.7 Å². The summed E-state index contributed by atoms with van der Waals surface area (Å²) in [7, 11) is 0. The number of halogens is 1. The number of carbonyl (C=O) groups is 1. The third-order valence-electron chi connectivity index (χ3n) is 4.55. The van der Waals surface area contributed by atoms with E-state index in [1.54, 1.807) is 18.3 Å². The summed E-state index contributed by atoms with van der Waals surface area (Å²) in [6.07, 6.45) is 3.74. The third-order valence-corrected chi connectivity index (χ3v) is 4.55. The normalized spacial score (nSPS) is 17.0. The number of hydrogen-bond acceptors (Lipinski definition) is 3. The fraction of sp³-hybridized carbons (Fsp3) is 0.400. The van der Waals surface area contributed by atoms with E-state index in [4.69, 9.17) is 0 Å². The first-order chi connectivity index (χ1) is 13.2. The Morgan fingerprint density at radius 3 is 3.00 bits per heavy atom. The van der Waals surface area contributed by atoms with Gasteiger partial charge in [0.1, 0.15) is 5.82 Å². The molecule has 1 aromatic heterocycles. The summed E-state index contributed by atoms with van der Waals surface area (Å²) < 4.78 is 12.9. The van der Waals surface area contributed by atoms with Crippen molar-refractivity contribution in [3.8, 4) is 11.8 Å². The Hall–Kier alpha value is -2.85. The zero-order valence-electron chi connectivity index (χ0n) is 15.4. The van der Waals surface area contributed by atoms with Crippen molar-refractivity contribution >= 4 is 11.7 Å². The van der Waals surface area contributed by atoms with Crippen LogP contribution in [0.15, 0.2) is 30.5 Å². The molecule has 2 amide bonds. The number of carbonyl (C=O) groups excluding carboxylic acids is 1. The van der Waals surface area contributed by atoms with Gasteiger partial charge in [-0.1, -0.05) is 11.8 Å². The second kappa shape index (κ2) is 9.19. The van der Waals surface area contributed by atoms with Crippen LogP contribution in [0, 0.1) is 17.7 Å². The van der Waals surface area contributed by atoms with E-state index in [0.717, 1.165) is 42.9 Å². The summed E-state index contributed by atoms with van der Waals surface area (Å²) in [5.41, 5.74) is 2.49. The van der Waals surface area contributed by atoms with Crippen LogP contribution in [0.5, 0.6) is 0 Å². The van der Waals surface area contributed by atoms with E-state index in [0.29, 0.717) is 13.1 Å². The number of likely N-dealkylation sites (tertiary alicyclic amines) is 1. The lowest BCUT2D eigenvalue weighted by molar-refractivity contribution is 0.229. The molecule has 0 aliphatic carbocycles. The molecule has 3 N–H and O–H groups in total. The minimum absolute atomic E-state index is 0.224. The lowest BCUT2D eigenvalue weighted by atomic mass is 9.94. The summed E-state index contributed by atoms with van der Waals surface area (Å²) in [5.74, 6) is 6.26. The topological polar surface area (TPSA) is 73.0 Å². The Bertz CT molecular complexity index is 821. The molecule has 1 saturated heterocycles. The molecule has 0 saturated carbocycles. The van der Waals surface area contributed by atoms with Gasteiger partial charge in [0.2, 0.25) is 0 Å². The SMILES string of the molecule is CCNC(=O)Nc1cn[nH]c1[C@@H]1CCCN(CC#Cc2ccc(F)cc2)C1. The Kier molecular flexibility index (Phi) is 6.44. The van der Waals surface area contributed by atoms with Gasteiger partial charge in [-0.15, -0.1) is 0 Å². The summed E-state index contributed by atoms with van der Waals surface area (Å²) in [4.78, 5) is 14.1. The maximum absolute atomic E-state index is 12.9. The number of benzene rings is 1. The molecule has 2 heterocycles. The molecule has 0 unspecified atom stereocenters. The van der Waals surface area contributed by atoms with E-state index in [9.17, 15) is 9.18 Å². The zero-order valence-corrected chi connectivity index (χ0v) is 15.4. The standard InChI is InChI=1S/C20H24FN5O/c1-2-22-20(27)24-18-13-23-25-19(18)16-6-4-12-26(14-16)11-3-5-15-7-9-17(21)10-8-15/h7-10,13,16H,2,4,6,11-12,14H2,1H3,(H,23,25)(H2,22,24,27)/t16-/m1/s1. The molecule has 6 nitrogen and oxygen atoms in total. The summed E-state index contributed by atoms with van der Waals surface area (Å²) in [5, 5.41) is 12.7. The van der Waals surface area contributed by atoms with Gasteiger partial charge in [0, 0.05) is 24.6 Å². The van der Waals surface area contributed by atoms with Crippen LogP contribution in [0.3, 0.4) is 0 Å². The predicted octanol–water partition coefficient (Wildman–Crippen LogP) is 2.92. The van der Waals surface area contributed by atoms with E-state index in [2.05, 4.69) is 37.6 Å². The highest BCUT2D eigenvalue weighted by atomic mass is 19.1. The van der Waals surface area contributed by atoms with Crippen LogP contribution in [-0.4, -0.2) is 47.3 Å². The van der Waals surface area contributed by atoms with Crippen LogP contribution >= 0.6 is 0 Å². The van der Waals surface area contributed by atoms with Gasteiger partial charge in [0.15, 0.2) is 0 Å². The second-order valence-electron chi connectivity index (χ2n) is 6.56. The van der Waals surface area contributed by atoms with Crippen molar-refractivity contribution in [2.24, 2.45) is 0 Å². The maximum Gasteiger partial charge on any atom is 0.319 e. The van der Waals surface area contributed by atoms with E-state index in [1.165, 1.54) is 12.1 Å². The molecule has 1 fully saturated rings. The van der Waals surface area contributed by atoms with E-state index < -0.39 is 0 Å². The van der Waals surface area contributed by atoms with E-state index in [1.807, 2.05) is 6.92 Å². The molecular formula is C20H24FN5O. The Balaban J connectivity index is 1.59. The molecule has 2 aromatic rings. The average molecular weight is 369 g/mol. The monoisotopic (exact) mass is 369 g/mol. The molecular weight excluding hydrogens is 345 g/mol. The van der Waals surface area contributed by atoms with Crippen molar-refractivity contribution in [2.75, 3.05) is 31.5 Å². The summed E-state index contributed by atoms with van der Waals surface area (Å²) in [6, 6.07) is 5.99. The number of urea groups is 1. The van der Waals surface area contributed by atoms with Gasteiger partial charge < -0.3 is 10.6 Å². The molecule has 3 rings (SSSR count). The van der Waals surface area contributed by atoms with Crippen LogP contribution in [0.4, 0.5) is 14.9 Å². The van der Waals surface area contributed by atoms with Crippen LogP contribution in [0.1, 0.15) is 36.9 Å². The second-order valence-corrected chi connectivity index (χ2v) is 6.56. The first-order valence-corrected chi connectivity index (χ1v) is 9.20. The van der Waals surface area contributed by atoms with Gasteiger partial charge in [-0.05, 0) is 50.6 Å². The first kappa shape index (κ1) is 18.9. The third kappa shape index (κ3) is 5.31. The lowest BCUT2D eigenvalue weighted by Gasteiger charge is -2.31. The number of aromatic amines is 1. The summed E-state index contributed by atoms with van der Waals surface area (Å²) in [6.45, 7) is 4.94. The maximum atomic E-state index is 12.9. The van der Waals surface area contributed by atoms with Crippen LogP contribution in [0.2, 0.25) is 0 Å². The number of nitrogens with zero attached hydrogens (tertiary/aromatic N) is 2. The molecule has 1 aliphatic heterocycles. The van der Waals surface area contributed by atoms with Gasteiger partial charge >= 0.3 is 6.03 Å². The molecule has 27 heavy (non-hydrogen) atoms. The lowest BCUT2D eigenvalue weighted by Crippen LogP contribution is -2.35. The van der Waals surface area contributed by atoms with Crippen LogP contribution < -0.4 is 10.6 Å². The van der Waals surface area contributed by atoms with Crippen LogP contribution in [0.25, 0.3) is 0 Å². The molecule has 1 atom stereocenters. The number of anilines is 1. The molecule has 1 aromatic carbocycles. The zero-order chi connectivity index (χ0) is 19.1. The Morgan fingerprint density at radius 1 is 1.41 bits per heavy atom. The molecule has 1 aliphatic rings. The van der Waals surface area contributed by atoms with Crippen molar-refractivity contribution in [3.63, 3.8) is 0 Å². The molecule has 0 bridgehead atoms. The average Bonchev–Trinajstić information content (AvgIpc) is 3.12. The number of aromatic nitrogens is 2. The van der Waals surface area contributed by atoms with Crippen molar-refractivity contribution in [1.29, 1.82) is 0 Å². The molecule has 7 heteroatoms. The number of rotatable bonds is 4. The smallest absolute Gasteiger partial charge is 0.319 e. The predicted molar refractivity (Wildman–Crippen MR) is 103 cm³/mol. The molecule has 142 valence electrons. The van der Waals surface area contributed by atoms with Gasteiger partial charge in [-0.3, -0.25) is 10.00 Å². The largest absolute Gasteiger partial charge is 0.338 e. The van der Waals surface area contributed by atoms with E-state index in [-0.39, 0.29) is 17.8 Å². The van der Waals surface area contributed by atoms with E-state index >= 15 is 0 Å². The summed E-state index contributed by atoms with van der Waals surface area (Å²) >= 11 is 0. The Labute approximate surface area is 158 Å². The van der Waals surface area contributed by atoms with Gasteiger partial charge in [-0.25, -0.2) is 9.18 Å². The van der Waals surface area contributed by atoms with Gasteiger partial charge in [0.25, 0.3) is 0 Å². The van der Waals surface area contributed by atoms with Crippen LogP contribution in [-0.2, 0) is 0 Å². The van der Waals surface area contributed by atoms with Crippen molar-refractivity contribution < 1.29 is 9.18 Å². The Morgan fingerprint density at radius 2 is 2.22 bits per heavy atom. The highest BCUT2D eigenvalue weighted by molar-refractivity contribution is 5.89.